The third-order valence-electron chi connectivity index (χ3n) is 8.23. The average Bonchev–Trinajstić information content (AvgIpc) is 2.90. The van der Waals surface area contributed by atoms with Crippen molar-refractivity contribution in [2.24, 2.45) is 10.8 Å². The molecule has 0 amide bonds. The molecule has 0 spiro atoms. The molecule has 8 heteroatoms. The first-order valence-corrected chi connectivity index (χ1v) is 18.3. The van der Waals surface area contributed by atoms with Gasteiger partial charge in [0.1, 0.15) is 11.5 Å². The summed E-state index contributed by atoms with van der Waals surface area (Å²) in [6.45, 7) is 31.4. The Morgan fingerprint density at radius 2 is 1.00 bits per heavy atom. The molecule has 0 radical (unpaired) electrons. The summed E-state index contributed by atoms with van der Waals surface area (Å²) in [7, 11) is -2.84. The molecule has 0 bridgehead atoms. The van der Waals surface area contributed by atoms with Gasteiger partial charge in [-0.2, -0.15) is 0 Å². The Morgan fingerprint density at radius 1 is 0.659 bits per heavy atom. The Morgan fingerprint density at radius 3 is 1.30 bits per heavy atom. The SMILES string of the molecule is CCCC(c1cc(C)c(OP2OCC(C)(C)CO2)cc1C(C)(C)C)c1cc(C)c(OP2OCC(C)(C)CO2)cc1C(C)(C)C. The van der Waals surface area contributed by atoms with Gasteiger partial charge in [-0.1, -0.05) is 94.7 Å². The van der Waals surface area contributed by atoms with Crippen LogP contribution in [0, 0.1) is 24.7 Å². The van der Waals surface area contributed by atoms with Crippen molar-refractivity contribution >= 4 is 17.2 Å². The third kappa shape index (κ3) is 8.75. The normalized spacial score (nSPS) is 19.8. The summed E-state index contributed by atoms with van der Waals surface area (Å²) in [5, 5.41) is 0. The molecule has 2 aliphatic rings. The summed E-state index contributed by atoms with van der Waals surface area (Å²) < 4.78 is 36.8. The van der Waals surface area contributed by atoms with Crippen LogP contribution in [0.15, 0.2) is 24.3 Å². The van der Waals surface area contributed by atoms with Crippen molar-refractivity contribution in [1.29, 1.82) is 0 Å². The van der Waals surface area contributed by atoms with E-state index in [9.17, 15) is 0 Å². The van der Waals surface area contributed by atoms with Crippen molar-refractivity contribution in [3.8, 4) is 11.5 Å². The van der Waals surface area contributed by atoms with Crippen LogP contribution in [0.2, 0.25) is 0 Å². The topological polar surface area (TPSA) is 55.4 Å². The van der Waals surface area contributed by atoms with Gasteiger partial charge >= 0.3 is 17.2 Å². The van der Waals surface area contributed by atoms with Crippen molar-refractivity contribution < 1.29 is 27.1 Å². The van der Waals surface area contributed by atoms with E-state index >= 15 is 0 Å². The fourth-order valence-electron chi connectivity index (χ4n) is 5.59. The van der Waals surface area contributed by atoms with Gasteiger partial charge in [-0.3, -0.25) is 0 Å². The van der Waals surface area contributed by atoms with Gasteiger partial charge in [-0.25, -0.2) is 0 Å². The summed E-state index contributed by atoms with van der Waals surface area (Å²) in [5.41, 5.74) is 7.30. The third-order valence-corrected chi connectivity index (χ3v) is 10.3. The molecular formula is C36H56O6P2. The molecule has 2 saturated heterocycles. The van der Waals surface area contributed by atoms with E-state index in [1.165, 1.54) is 22.3 Å². The van der Waals surface area contributed by atoms with Crippen LogP contribution < -0.4 is 9.05 Å². The molecule has 0 aliphatic carbocycles. The lowest BCUT2D eigenvalue weighted by atomic mass is 9.72. The fraction of sp³-hybridized carbons (Fsp3) is 0.667. The fourth-order valence-corrected chi connectivity index (χ4v) is 8.49. The van der Waals surface area contributed by atoms with Gasteiger partial charge in [-0.15, -0.1) is 0 Å². The largest absolute Gasteiger partial charge is 0.426 e. The Hall–Kier alpha value is -1.26. The van der Waals surface area contributed by atoms with Crippen molar-refractivity contribution in [2.45, 2.75) is 120 Å². The van der Waals surface area contributed by atoms with Crippen LogP contribution in [0.5, 0.6) is 11.5 Å². The quantitative estimate of drug-likeness (QED) is 0.266. The number of rotatable bonds is 8. The summed E-state index contributed by atoms with van der Waals surface area (Å²) in [4.78, 5) is 0. The van der Waals surface area contributed by atoms with Gasteiger partial charge in [-0.05, 0) is 76.6 Å². The molecule has 44 heavy (non-hydrogen) atoms. The Labute approximate surface area is 269 Å². The van der Waals surface area contributed by atoms with Crippen LogP contribution in [-0.4, -0.2) is 26.4 Å². The van der Waals surface area contributed by atoms with Gasteiger partial charge < -0.3 is 27.1 Å². The molecule has 0 saturated carbocycles. The highest BCUT2D eigenvalue weighted by atomic mass is 31.2. The van der Waals surface area contributed by atoms with E-state index in [-0.39, 0.29) is 27.6 Å². The maximum atomic E-state index is 6.40. The molecule has 4 rings (SSSR count). The first-order chi connectivity index (χ1) is 20.3. The first-order valence-electron chi connectivity index (χ1n) is 16.1. The van der Waals surface area contributed by atoms with Crippen LogP contribution in [-0.2, 0) is 28.9 Å². The molecule has 0 atom stereocenters. The molecule has 0 N–H and O–H groups in total. The van der Waals surface area contributed by atoms with E-state index in [4.69, 9.17) is 27.1 Å². The molecule has 2 aromatic rings. The molecule has 6 nitrogen and oxygen atoms in total. The summed E-state index contributed by atoms with van der Waals surface area (Å²) in [5.74, 6) is 1.90. The number of benzene rings is 2. The molecule has 2 fully saturated rings. The molecule has 2 heterocycles. The minimum atomic E-state index is -1.42. The lowest BCUT2D eigenvalue weighted by molar-refractivity contribution is 0.0424. The van der Waals surface area contributed by atoms with E-state index in [0.717, 1.165) is 35.5 Å². The number of aryl methyl sites for hydroxylation is 2. The molecule has 0 unspecified atom stereocenters. The van der Waals surface area contributed by atoms with Crippen molar-refractivity contribution in [2.75, 3.05) is 26.4 Å². The lowest BCUT2D eigenvalue weighted by Gasteiger charge is -2.35. The van der Waals surface area contributed by atoms with Crippen LogP contribution >= 0.6 is 17.2 Å². The molecule has 2 aromatic carbocycles. The second-order valence-corrected chi connectivity index (χ2v) is 18.6. The highest BCUT2D eigenvalue weighted by Crippen LogP contribution is 2.52. The second-order valence-electron chi connectivity index (χ2n) is 16.3. The Bertz CT molecular complexity index is 1190. The zero-order valence-electron chi connectivity index (χ0n) is 29.5. The van der Waals surface area contributed by atoms with Gasteiger partial charge in [0, 0.05) is 16.7 Å². The highest BCUT2D eigenvalue weighted by molar-refractivity contribution is 7.42. The molecule has 0 aromatic heterocycles. The maximum absolute atomic E-state index is 6.40. The predicted octanol–water partition coefficient (Wildman–Crippen LogP) is 11.2. The summed E-state index contributed by atoms with van der Waals surface area (Å²) in [6, 6.07) is 9.18. The molecule has 2 aliphatic heterocycles. The number of hydrogen-bond acceptors (Lipinski definition) is 6. The lowest BCUT2D eigenvalue weighted by Crippen LogP contribution is -2.29. The predicted molar refractivity (Wildman–Crippen MR) is 183 cm³/mol. The van der Waals surface area contributed by atoms with E-state index in [1.54, 1.807) is 0 Å². The summed E-state index contributed by atoms with van der Waals surface area (Å²) >= 11 is 0. The van der Waals surface area contributed by atoms with E-state index in [1.807, 2.05) is 0 Å². The van der Waals surface area contributed by atoms with Crippen LogP contribution in [0.25, 0.3) is 0 Å². The Balaban J connectivity index is 1.75. The average molecular weight is 647 g/mol. The smallest absolute Gasteiger partial charge is 0.397 e. The molecular weight excluding hydrogens is 590 g/mol. The van der Waals surface area contributed by atoms with Crippen LogP contribution in [0.1, 0.15) is 128 Å². The monoisotopic (exact) mass is 646 g/mol. The zero-order chi connectivity index (χ0) is 32.7. The highest BCUT2D eigenvalue weighted by Gasteiger charge is 2.35. The van der Waals surface area contributed by atoms with Crippen LogP contribution in [0.3, 0.4) is 0 Å². The maximum Gasteiger partial charge on any atom is 0.397 e. The number of hydrogen-bond donors (Lipinski definition) is 0. The Kier molecular flexibility index (Phi) is 10.9. The zero-order valence-corrected chi connectivity index (χ0v) is 31.3. The van der Waals surface area contributed by atoms with Crippen LogP contribution in [0.4, 0.5) is 0 Å². The van der Waals surface area contributed by atoms with Gasteiger partial charge in [0.25, 0.3) is 0 Å². The van der Waals surface area contributed by atoms with Crippen molar-refractivity contribution in [3.05, 3.63) is 57.6 Å². The van der Waals surface area contributed by atoms with Gasteiger partial charge in [0.05, 0.1) is 26.4 Å². The van der Waals surface area contributed by atoms with Gasteiger partial charge in [0.15, 0.2) is 0 Å². The minimum Gasteiger partial charge on any atom is -0.426 e. The van der Waals surface area contributed by atoms with E-state index in [0.29, 0.717) is 26.4 Å². The summed E-state index contributed by atoms with van der Waals surface area (Å²) in [6.07, 6.45) is 2.10. The van der Waals surface area contributed by atoms with Gasteiger partial charge in [0.2, 0.25) is 0 Å². The molecule has 246 valence electrons. The van der Waals surface area contributed by atoms with E-state index in [2.05, 4.69) is 114 Å². The van der Waals surface area contributed by atoms with Crippen molar-refractivity contribution in [3.63, 3.8) is 0 Å². The van der Waals surface area contributed by atoms with Crippen molar-refractivity contribution in [1.82, 2.24) is 0 Å². The van der Waals surface area contributed by atoms with E-state index < -0.39 is 17.2 Å². The second kappa shape index (κ2) is 13.5. The standard InChI is InChI=1S/C36H56O6P2/c1-14-15-26(27-16-24(2)31(18-29(27)33(4,5)6)41-43-37-20-35(10,11)21-38-43)28-17-25(3)32(19-30(28)34(7,8)9)42-44-39-22-36(12,13)23-40-44/h16-19,26H,14-15,20-23H2,1-13H3. The minimum absolute atomic E-state index is 0.00289. The first kappa shape index (κ1) is 35.6.